The van der Waals surface area contributed by atoms with Gasteiger partial charge in [0.25, 0.3) is 0 Å². The molecular formula is C18H38O4Si2. The molecular weight excluding hydrogens is 336 g/mol. The number of allylic oxidation sites excluding steroid dienone is 1. The summed E-state index contributed by atoms with van der Waals surface area (Å²) in [6, 6.07) is 2.63. The maximum atomic E-state index is 5.34. The minimum absolute atomic E-state index is 0.0861. The van der Waals surface area contributed by atoms with E-state index in [1.165, 1.54) is 44.2 Å². The fourth-order valence-electron chi connectivity index (χ4n) is 4.05. The first kappa shape index (κ1) is 22.1. The summed E-state index contributed by atoms with van der Waals surface area (Å²) >= 11 is 0. The highest BCUT2D eigenvalue weighted by atomic mass is 28.2. The quantitative estimate of drug-likeness (QED) is 0.282. The lowest BCUT2D eigenvalue weighted by Crippen LogP contribution is -2.27. The van der Waals surface area contributed by atoms with Crippen molar-refractivity contribution in [3.63, 3.8) is 0 Å². The molecule has 1 aliphatic carbocycles. The summed E-state index contributed by atoms with van der Waals surface area (Å²) < 4.78 is 21.4. The molecule has 0 saturated heterocycles. The van der Waals surface area contributed by atoms with Crippen LogP contribution in [-0.4, -0.2) is 59.3 Å². The summed E-state index contributed by atoms with van der Waals surface area (Å²) in [5.74, 6) is 2.57. The van der Waals surface area contributed by atoms with Gasteiger partial charge in [-0.3, -0.25) is 0 Å². The van der Waals surface area contributed by atoms with Gasteiger partial charge < -0.3 is 18.9 Å². The van der Waals surface area contributed by atoms with Crippen molar-refractivity contribution >= 4 is 19.0 Å². The molecule has 0 radical (unpaired) electrons. The lowest BCUT2D eigenvalue weighted by molar-refractivity contribution is -0.0444. The Labute approximate surface area is 153 Å². The molecule has 0 aromatic heterocycles. The fourth-order valence-corrected chi connectivity index (χ4v) is 7.23. The van der Waals surface area contributed by atoms with Gasteiger partial charge in [-0.05, 0) is 30.6 Å². The summed E-state index contributed by atoms with van der Waals surface area (Å²) in [6.07, 6.45) is 8.95. The van der Waals surface area contributed by atoms with Gasteiger partial charge >= 0.3 is 0 Å². The van der Waals surface area contributed by atoms with Crippen LogP contribution in [0.1, 0.15) is 32.1 Å². The first-order valence-electron chi connectivity index (χ1n) is 9.42. The van der Waals surface area contributed by atoms with E-state index in [9.17, 15) is 0 Å². The molecule has 6 heteroatoms. The Bertz CT molecular complexity index is 322. The molecule has 1 fully saturated rings. The van der Waals surface area contributed by atoms with E-state index < -0.39 is 0 Å². The molecule has 3 unspecified atom stereocenters. The van der Waals surface area contributed by atoms with Crippen molar-refractivity contribution in [2.75, 3.05) is 28.4 Å². The first-order chi connectivity index (χ1) is 11.7. The molecule has 1 rings (SSSR count). The second kappa shape index (κ2) is 13.2. The predicted octanol–water partition coefficient (Wildman–Crippen LogP) is 2.31. The van der Waals surface area contributed by atoms with Gasteiger partial charge in [-0.1, -0.05) is 37.4 Å². The number of hydrogen-bond acceptors (Lipinski definition) is 4. The van der Waals surface area contributed by atoms with Gasteiger partial charge in [0.05, 0.1) is 19.0 Å². The molecule has 0 bridgehead atoms. The number of ether oxygens (including phenoxy) is 4. The second-order valence-electron chi connectivity index (χ2n) is 7.00. The number of methoxy groups -OCH3 is 4. The minimum Gasteiger partial charge on any atom is -0.360 e. The van der Waals surface area contributed by atoms with Crippen LogP contribution in [0, 0.1) is 17.8 Å². The van der Waals surface area contributed by atoms with Gasteiger partial charge in [0, 0.05) is 28.4 Å². The van der Waals surface area contributed by atoms with Gasteiger partial charge in [-0.25, -0.2) is 0 Å². The zero-order valence-electron chi connectivity index (χ0n) is 16.2. The molecule has 0 aromatic carbocycles. The van der Waals surface area contributed by atoms with Crippen molar-refractivity contribution in [3.8, 4) is 0 Å². The molecule has 0 heterocycles. The molecule has 24 heavy (non-hydrogen) atoms. The smallest absolute Gasteiger partial charge is 0.134 e. The average molecular weight is 375 g/mol. The van der Waals surface area contributed by atoms with Gasteiger partial charge in [-0.15, -0.1) is 6.58 Å². The highest BCUT2D eigenvalue weighted by Gasteiger charge is 2.28. The predicted molar refractivity (Wildman–Crippen MR) is 106 cm³/mol. The Kier molecular flexibility index (Phi) is 12.2. The summed E-state index contributed by atoms with van der Waals surface area (Å²) in [6.45, 7) is 4.11. The van der Waals surface area contributed by atoms with Crippen molar-refractivity contribution in [2.45, 2.75) is 56.0 Å². The lowest BCUT2D eigenvalue weighted by atomic mass is 9.72. The van der Waals surface area contributed by atoms with Gasteiger partial charge in [0.2, 0.25) is 0 Å². The van der Waals surface area contributed by atoms with Crippen molar-refractivity contribution in [3.05, 3.63) is 12.7 Å². The monoisotopic (exact) mass is 374 g/mol. The third kappa shape index (κ3) is 7.93. The van der Waals surface area contributed by atoms with Crippen molar-refractivity contribution in [2.24, 2.45) is 17.8 Å². The highest BCUT2D eigenvalue weighted by molar-refractivity contribution is 6.36. The van der Waals surface area contributed by atoms with Crippen LogP contribution in [-0.2, 0) is 18.9 Å². The van der Waals surface area contributed by atoms with E-state index in [4.69, 9.17) is 18.9 Å². The summed E-state index contributed by atoms with van der Waals surface area (Å²) in [7, 11) is 6.43. The standard InChI is InChI=1S/C18H38O4Si2/c1-6-15-13-14(9-11-23-17(19-2)20-3)7-8-16(15)10-12-24-18(21-4)22-5/h6,14-18H,1,7-13,23-24H2,2-5H3. The third-order valence-corrected chi connectivity index (χ3v) is 9.49. The first-order valence-corrected chi connectivity index (χ1v) is 13.0. The molecule has 0 spiro atoms. The zero-order chi connectivity index (χ0) is 17.8. The van der Waals surface area contributed by atoms with Crippen molar-refractivity contribution < 1.29 is 18.9 Å². The van der Waals surface area contributed by atoms with Crippen LogP contribution < -0.4 is 0 Å². The van der Waals surface area contributed by atoms with E-state index in [0.717, 1.165) is 11.8 Å². The lowest BCUT2D eigenvalue weighted by Gasteiger charge is -2.35. The van der Waals surface area contributed by atoms with E-state index >= 15 is 0 Å². The van der Waals surface area contributed by atoms with Crippen molar-refractivity contribution in [1.29, 1.82) is 0 Å². The van der Waals surface area contributed by atoms with Crippen LogP contribution in [0.2, 0.25) is 12.1 Å². The Hall–Kier alpha value is 0.0138. The second-order valence-corrected chi connectivity index (χ2v) is 10.9. The maximum Gasteiger partial charge on any atom is 0.134 e. The van der Waals surface area contributed by atoms with E-state index in [-0.39, 0.29) is 30.9 Å². The van der Waals surface area contributed by atoms with Gasteiger partial charge in [0.15, 0.2) is 0 Å². The fraction of sp³-hybridized carbons (Fsp3) is 0.889. The third-order valence-electron chi connectivity index (χ3n) is 5.58. The number of hydrogen-bond donors (Lipinski definition) is 0. The van der Waals surface area contributed by atoms with E-state index in [2.05, 4.69) is 12.7 Å². The van der Waals surface area contributed by atoms with E-state index in [0.29, 0.717) is 5.92 Å². The van der Waals surface area contributed by atoms with Crippen LogP contribution in [0.4, 0.5) is 0 Å². The highest BCUT2D eigenvalue weighted by Crippen LogP contribution is 2.39. The Balaban J connectivity index is 2.28. The average Bonchev–Trinajstić information content (AvgIpc) is 2.63. The summed E-state index contributed by atoms with van der Waals surface area (Å²) in [5, 5.41) is 0. The van der Waals surface area contributed by atoms with Gasteiger partial charge in [0.1, 0.15) is 11.8 Å². The van der Waals surface area contributed by atoms with E-state index in [1.807, 2.05) is 0 Å². The van der Waals surface area contributed by atoms with Crippen LogP contribution in [0.5, 0.6) is 0 Å². The van der Waals surface area contributed by atoms with Crippen LogP contribution in [0.15, 0.2) is 12.7 Å². The van der Waals surface area contributed by atoms with Crippen molar-refractivity contribution in [1.82, 2.24) is 0 Å². The zero-order valence-corrected chi connectivity index (χ0v) is 19.0. The Morgan fingerprint density at radius 3 is 1.96 bits per heavy atom. The minimum atomic E-state index is -0.292. The van der Waals surface area contributed by atoms with Gasteiger partial charge in [-0.2, -0.15) is 0 Å². The van der Waals surface area contributed by atoms with Crippen LogP contribution in [0.25, 0.3) is 0 Å². The van der Waals surface area contributed by atoms with E-state index in [1.54, 1.807) is 28.4 Å². The molecule has 1 aliphatic rings. The molecule has 4 nitrogen and oxygen atoms in total. The molecule has 3 atom stereocenters. The Morgan fingerprint density at radius 2 is 1.46 bits per heavy atom. The Morgan fingerprint density at radius 1 is 0.917 bits per heavy atom. The molecule has 0 amide bonds. The molecule has 0 N–H and O–H groups in total. The molecule has 1 saturated carbocycles. The maximum absolute atomic E-state index is 5.34. The normalized spacial score (nSPS) is 25.7. The molecule has 0 aliphatic heterocycles. The summed E-state index contributed by atoms with van der Waals surface area (Å²) in [5.41, 5.74) is 0. The summed E-state index contributed by atoms with van der Waals surface area (Å²) in [4.78, 5) is 0. The van der Waals surface area contributed by atoms with Crippen LogP contribution >= 0.6 is 0 Å². The molecule has 0 aromatic rings. The topological polar surface area (TPSA) is 36.9 Å². The SMILES string of the molecule is C=CC1CC(CC[SiH2]C(OC)OC)CCC1CC[SiH2]C(OC)OC. The number of rotatable bonds is 13. The largest absolute Gasteiger partial charge is 0.360 e. The van der Waals surface area contributed by atoms with Crippen LogP contribution in [0.3, 0.4) is 0 Å². The molecule has 142 valence electrons.